The van der Waals surface area contributed by atoms with E-state index in [1.165, 1.54) is 0 Å². The van der Waals surface area contributed by atoms with E-state index in [-0.39, 0.29) is 10.8 Å². The molecule has 0 radical (unpaired) electrons. The third-order valence-electron chi connectivity index (χ3n) is 4.36. The van der Waals surface area contributed by atoms with Gasteiger partial charge in [0, 0.05) is 15.7 Å². The van der Waals surface area contributed by atoms with Gasteiger partial charge in [-0.05, 0) is 54.1 Å². The number of carbonyl (C=O) groups is 1. The summed E-state index contributed by atoms with van der Waals surface area (Å²) in [5, 5.41) is 5.99. The second-order valence-corrected chi connectivity index (χ2v) is 8.88. The average Bonchev–Trinajstić information content (AvgIpc) is 2.69. The van der Waals surface area contributed by atoms with Crippen LogP contribution in [-0.2, 0) is 10.0 Å². The molecule has 6 nitrogen and oxygen atoms in total. The van der Waals surface area contributed by atoms with Gasteiger partial charge in [0.2, 0.25) is 10.0 Å². The Morgan fingerprint density at radius 1 is 0.929 bits per heavy atom. The number of rotatable bonds is 3. The van der Waals surface area contributed by atoms with E-state index >= 15 is 0 Å². The zero-order valence-electron chi connectivity index (χ0n) is 14.5. The number of benzene rings is 3. The molecular formula is C20H16BrN3O3S. The molecule has 28 heavy (non-hydrogen) atoms. The smallest absolute Gasteiger partial charge is 0.255 e. The average molecular weight is 458 g/mol. The Labute approximate surface area is 171 Å². The fourth-order valence-electron chi connectivity index (χ4n) is 2.94. The van der Waals surface area contributed by atoms with Crippen molar-refractivity contribution in [3.8, 4) is 0 Å². The lowest BCUT2D eigenvalue weighted by molar-refractivity contribution is 0.102. The first-order chi connectivity index (χ1) is 13.4. The van der Waals surface area contributed by atoms with Crippen molar-refractivity contribution < 1.29 is 13.2 Å². The molecule has 1 aliphatic heterocycles. The molecule has 0 saturated carbocycles. The maximum absolute atomic E-state index is 12.4. The molecule has 0 aromatic heterocycles. The van der Waals surface area contributed by atoms with Gasteiger partial charge in [-0.15, -0.1) is 0 Å². The number of amides is 1. The van der Waals surface area contributed by atoms with E-state index in [9.17, 15) is 13.2 Å². The van der Waals surface area contributed by atoms with Crippen LogP contribution in [0.2, 0.25) is 0 Å². The normalized spacial score (nSPS) is 17.2. The Morgan fingerprint density at radius 2 is 1.61 bits per heavy atom. The number of sulfonamides is 1. The van der Waals surface area contributed by atoms with Crippen LogP contribution in [-0.4, -0.2) is 14.3 Å². The number of carbonyl (C=O) groups excluding carboxylic acids is 1. The summed E-state index contributed by atoms with van der Waals surface area (Å²) >= 11 is 3.35. The molecule has 4 rings (SSSR count). The van der Waals surface area contributed by atoms with E-state index in [1.54, 1.807) is 60.7 Å². The fourth-order valence-corrected chi connectivity index (χ4v) is 4.51. The minimum absolute atomic E-state index is 0.219. The molecule has 0 unspecified atom stereocenters. The number of fused-ring (bicyclic) bond motifs is 1. The topological polar surface area (TPSA) is 87.3 Å². The van der Waals surface area contributed by atoms with Gasteiger partial charge in [-0.2, -0.15) is 4.72 Å². The largest absolute Gasteiger partial charge is 0.364 e. The summed E-state index contributed by atoms with van der Waals surface area (Å²) in [7, 11) is -3.61. The predicted octanol–water partition coefficient (Wildman–Crippen LogP) is 4.10. The first kappa shape index (κ1) is 18.7. The Balaban J connectivity index is 1.52. The predicted molar refractivity (Wildman–Crippen MR) is 112 cm³/mol. The third-order valence-corrected chi connectivity index (χ3v) is 6.37. The van der Waals surface area contributed by atoms with Gasteiger partial charge in [-0.25, -0.2) is 8.42 Å². The van der Waals surface area contributed by atoms with Gasteiger partial charge in [0.05, 0.1) is 5.69 Å². The monoisotopic (exact) mass is 457 g/mol. The molecule has 0 bridgehead atoms. The molecule has 1 amide bonds. The molecule has 3 aromatic rings. The van der Waals surface area contributed by atoms with Gasteiger partial charge in [-0.3, -0.25) is 4.79 Å². The van der Waals surface area contributed by atoms with Crippen LogP contribution in [0.15, 0.2) is 82.2 Å². The molecule has 0 saturated heterocycles. The number of halogens is 1. The van der Waals surface area contributed by atoms with Crippen molar-refractivity contribution in [3.05, 3.63) is 88.4 Å². The Bertz CT molecular complexity index is 1130. The van der Waals surface area contributed by atoms with Crippen molar-refractivity contribution in [1.29, 1.82) is 0 Å². The van der Waals surface area contributed by atoms with E-state index in [4.69, 9.17) is 0 Å². The standard InChI is InChI=1S/C20H16BrN3O3S/c21-15-9-11-16(12-10-15)22-20(25)14-7-5-13(6-8-14)19-23-17-3-1-2-4-18(17)28(26,27)24-19/h1-12,19,23-24H,(H,22,25)/t19-/m1/s1. The Morgan fingerprint density at radius 3 is 2.32 bits per heavy atom. The van der Waals surface area contributed by atoms with E-state index in [0.717, 1.165) is 4.47 Å². The first-order valence-electron chi connectivity index (χ1n) is 8.47. The molecule has 1 aliphatic rings. The van der Waals surface area contributed by atoms with Crippen molar-refractivity contribution in [1.82, 2.24) is 4.72 Å². The second kappa shape index (κ2) is 7.38. The summed E-state index contributed by atoms with van der Waals surface area (Å²) in [4.78, 5) is 12.6. The molecular weight excluding hydrogens is 442 g/mol. The molecule has 3 N–H and O–H groups in total. The zero-order valence-corrected chi connectivity index (χ0v) is 16.9. The van der Waals surface area contributed by atoms with Crippen molar-refractivity contribution in [2.75, 3.05) is 10.6 Å². The summed E-state index contributed by atoms with van der Waals surface area (Å²) in [5.74, 6) is -0.239. The van der Waals surface area contributed by atoms with E-state index < -0.39 is 16.2 Å². The van der Waals surface area contributed by atoms with E-state index in [1.807, 2.05) is 12.1 Å². The Kier molecular flexibility index (Phi) is 4.92. The molecule has 142 valence electrons. The van der Waals surface area contributed by atoms with Crippen LogP contribution in [0.5, 0.6) is 0 Å². The Hall–Kier alpha value is -2.68. The van der Waals surface area contributed by atoms with E-state index in [0.29, 0.717) is 22.5 Å². The lowest BCUT2D eigenvalue weighted by Gasteiger charge is -2.28. The fraction of sp³-hybridized carbons (Fsp3) is 0.0500. The first-order valence-corrected chi connectivity index (χ1v) is 10.7. The van der Waals surface area contributed by atoms with Crippen LogP contribution in [0.3, 0.4) is 0 Å². The van der Waals surface area contributed by atoms with Crippen LogP contribution >= 0.6 is 15.9 Å². The van der Waals surface area contributed by atoms with Crippen molar-refractivity contribution >= 4 is 43.2 Å². The van der Waals surface area contributed by atoms with Crippen LogP contribution in [0.1, 0.15) is 22.1 Å². The van der Waals surface area contributed by atoms with E-state index in [2.05, 4.69) is 31.3 Å². The highest BCUT2D eigenvalue weighted by Gasteiger charge is 2.29. The highest BCUT2D eigenvalue weighted by atomic mass is 79.9. The van der Waals surface area contributed by atoms with Crippen molar-refractivity contribution in [3.63, 3.8) is 0 Å². The van der Waals surface area contributed by atoms with Crippen molar-refractivity contribution in [2.45, 2.75) is 11.1 Å². The third kappa shape index (κ3) is 3.80. The van der Waals surface area contributed by atoms with Gasteiger partial charge in [0.15, 0.2) is 0 Å². The van der Waals surface area contributed by atoms with Gasteiger partial charge < -0.3 is 10.6 Å². The molecule has 0 fully saturated rings. The highest BCUT2D eigenvalue weighted by Crippen LogP contribution is 2.30. The molecule has 8 heteroatoms. The molecule has 0 spiro atoms. The SMILES string of the molecule is O=C(Nc1ccc(Br)cc1)c1ccc([C@@H]2Nc3ccccc3S(=O)(=O)N2)cc1. The number of anilines is 2. The minimum atomic E-state index is -3.61. The number of hydrogen-bond acceptors (Lipinski definition) is 4. The second-order valence-electron chi connectivity index (χ2n) is 6.28. The van der Waals surface area contributed by atoms with Crippen LogP contribution in [0.4, 0.5) is 11.4 Å². The van der Waals surface area contributed by atoms with Crippen LogP contribution < -0.4 is 15.4 Å². The summed E-state index contributed by atoms with van der Waals surface area (Å²) in [6, 6.07) is 20.8. The highest BCUT2D eigenvalue weighted by molar-refractivity contribution is 9.10. The number of hydrogen-bond donors (Lipinski definition) is 3. The van der Waals surface area contributed by atoms with Gasteiger partial charge in [-0.1, -0.05) is 40.2 Å². The number of nitrogens with one attached hydrogen (secondary N) is 3. The van der Waals surface area contributed by atoms with Gasteiger partial charge in [0.25, 0.3) is 5.91 Å². The lowest BCUT2D eigenvalue weighted by atomic mass is 10.1. The summed E-state index contributed by atoms with van der Waals surface area (Å²) in [6.07, 6.45) is -0.608. The molecule has 3 aromatic carbocycles. The van der Waals surface area contributed by atoms with Gasteiger partial charge in [0.1, 0.15) is 11.1 Å². The van der Waals surface area contributed by atoms with Gasteiger partial charge >= 0.3 is 0 Å². The number of para-hydroxylation sites is 1. The molecule has 1 atom stereocenters. The summed E-state index contributed by atoms with van der Waals surface area (Å²) < 4.78 is 28.4. The molecule has 0 aliphatic carbocycles. The quantitative estimate of drug-likeness (QED) is 0.552. The zero-order chi connectivity index (χ0) is 19.7. The maximum Gasteiger partial charge on any atom is 0.255 e. The molecule has 1 heterocycles. The maximum atomic E-state index is 12.4. The summed E-state index contributed by atoms with van der Waals surface area (Å²) in [5.41, 5.74) is 2.42. The van der Waals surface area contributed by atoms with Crippen LogP contribution in [0.25, 0.3) is 0 Å². The van der Waals surface area contributed by atoms with Crippen molar-refractivity contribution in [2.24, 2.45) is 0 Å². The van der Waals surface area contributed by atoms with Crippen LogP contribution in [0, 0.1) is 0 Å². The minimum Gasteiger partial charge on any atom is -0.364 e. The lowest BCUT2D eigenvalue weighted by Crippen LogP contribution is -2.38. The summed E-state index contributed by atoms with van der Waals surface area (Å²) in [6.45, 7) is 0.